The maximum Gasteiger partial charge on any atom is 0.135 e. The molecule has 1 aromatic heterocycles. The van der Waals surface area contributed by atoms with Crippen LogP contribution in [-0.4, -0.2) is 18.2 Å². The molecule has 0 atom stereocenters. The SMILES string of the molecule is COc1cc(Nc2cc(Oc3ccc(C(C)(C)C)c4ccccc34)ccn2)cc(OC(C)C)c1. The molecule has 0 aliphatic heterocycles. The topological polar surface area (TPSA) is 52.6 Å². The van der Waals surface area contributed by atoms with E-state index in [0.29, 0.717) is 17.3 Å². The maximum atomic E-state index is 6.33. The van der Waals surface area contributed by atoms with Gasteiger partial charge in [0.05, 0.1) is 13.2 Å². The molecule has 5 heteroatoms. The minimum atomic E-state index is 0.0424. The number of aromatic nitrogens is 1. The van der Waals surface area contributed by atoms with Crippen LogP contribution in [0, 0.1) is 0 Å². The van der Waals surface area contributed by atoms with Crippen LogP contribution in [0.2, 0.25) is 0 Å². The van der Waals surface area contributed by atoms with Crippen molar-refractivity contribution in [3.05, 3.63) is 78.5 Å². The zero-order chi connectivity index (χ0) is 24.3. The summed E-state index contributed by atoms with van der Waals surface area (Å²) in [5, 5.41) is 5.62. The monoisotopic (exact) mass is 456 g/mol. The van der Waals surface area contributed by atoms with Crippen molar-refractivity contribution in [2.45, 2.75) is 46.1 Å². The Bertz CT molecular complexity index is 1290. The van der Waals surface area contributed by atoms with Crippen LogP contribution in [0.25, 0.3) is 10.8 Å². The van der Waals surface area contributed by atoms with Crippen LogP contribution in [0.4, 0.5) is 11.5 Å². The molecule has 0 aliphatic rings. The van der Waals surface area contributed by atoms with E-state index in [-0.39, 0.29) is 11.5 Å². The summed E-state index contributed by atoms with van der Waals surface area (Å²) in [5.41, 5.74) is 2.16. The van der Waals surface area contributed by atoms with Crippen molar-refractivity contribution in [3.63, 3.8) is 0 Å². The van der Waals surface area contributed by atoms with Crippen molar-refractivity contribution < 1.29 is 14.2 Å². The van der Waals surface area contributed by atoms with Gasteiger partial charge in [0.25, 0.3) is 0 Å². The predicted molar refractivity (Wildman–Crippen MR) is 139 cm³/mol. The van der Waals surface area contributed by atoms with Crippen LogP contribution < -0.4 is 19.5 Å². The summed E-state index contributed by atoms with van der Waals surface area (Å²) in [7, 11) is 1.64. The zero-order valence-corrected chi connectivity index (χ0v) is 20.7. The summed E-state index contributed by atoms with van der Waals surface area (Å²) < 4.78 is 17.6. The lowest BCUT2D eigenvalue weighted by Crippen LogP contribution is -2.11. The molecule has 0 saturated heterocycles. The third-order valence-corrected chi connectivity index (χ3v) is 5.41. The quantitative estimate of drug-likeness (QED) is 0.307. The molecular weight excluding hydrogens is 424 g/mol. The van der Waals surface area contributed by atoms with Crippen LogP contribution in [0.3, 0.4) is 0 Å². The van der Waals surface area contributed by atoms with E-state index in [4.69, 9.17) is 14.2 Å². The Morgan fingerprint density at radius 2 is 1.56 bits per heavy atom. The van der Waals surface area contributed by atoms with Crippen LogP contribution >= 0.6 is 0 Å². The molecule has 0 amide bonds. The summed E-state index contributed by atoms with van der Waals surface area (Å²) in [4.78, 5) is 4.46. The van der Waals surface area contributed by atoms with Crippen molar-refractivity contribution in [1.82, 2.24) is 4.98 Å². The Hall–Kier alpha value is -3.73. The summed E-state index contributed by atoms with van der Waals surface area (Å²) in [6.45, 7) is 10.7. The molecule has 0 radical (unpaired) electrons. The minimum absolute atomic E-state index is 0.0424. The van der Waals surface area contributed by atoms with E-state index in [1.165, 1.54) is 10.9 Å². The smallest absolute Gasteiger partial charge is 0.135 e. The van der Waals surface area contributed by atoms with Gasteiger partial charge in [-0.1, -0.05) is 51.1 Å². The van der Waals surface area contributed by atoms with E-state index < -0.39 is 0 Å². The number of benzene rings is 3. The average molecular weight is 457 g/mol. The number of pyridine rings is 1. The number of ether oxygens (including phenoxy) is 3. The van der Waals surface area contributed by atoms with Crippen molar-refractivity contribution >= 4 is 22.3 Å². The second-order valence-electron chi connectivity index (χ2n) is 9.57. The third kappa shape index (κ3) is 5.42. The van der Waals surface area contributed by atoms with Crippen molar-refractivity contribution in [3.8, 4) is 23.0 Å². The van der Waals surface area contributed by atoms with Gasteiger partial charge in [-0.3, -0.25) is 0 Å². The van der Waals surface area contributed by atoms with Gasteiger partial charge in [0.2, 0.25) is 0 Å². The van der Waals surface area contributed by atoms with Gasteiger partial charge in [-0.2, -0.15) is 0 Å². The first-order valence-electron chi connectivity index (χ1n) is 11.5. The fourth-order valence-electron chi connectivity index (χ4n) is 3.93. The van der Waals surface area contributed by atoms with E-state index in [1.54, 1.807) is 13.3 Å². The van der Waals surface area contributed by atoms with E-state index in [9.17, 15) is 0 Å². The summed E-state index contributed by atoms with van der Waals surface area (Å²) in [6, 6.07) is 22.0. The van der Waals surface area contributed by atoms with E-state index >= 15 is 0 Å². The van der Waals surface area contributed by atoms with E-state index in [0.717, 1.165) is 22.6 Å². The molecule has 176 valence electrons. The number of hydrogen-bond donors (Lipinski definition) is 1. The first kappa shape index (κ1) is 23.4. The Labute approximate surface area is 201 Å². The summed E-state index contributed by atoms with van der Waals surface area (Å²) in [5.74, 6) is 3.62. The molecule has 0 spiro atoms. The summed E-state index contributed by atoms with van der Waals surface area (Å²) >= 11 is 0. The molecule has 0 unspecified atom stereocenters. The molecule has 1 N–H and O–H groups in total. The van der Waals surface area contributed by atoms with Gasteiger partial charge in [-0.25, -0.2) is 4.98 Å². The lowest BCUT2D eigenvalue weighted by atomic mass is 9.83. The highest BCUT2D eigenvalue weighted by atomic mass is 16.5. The van der Waals surface area contributed by atoms with Gasteiger partial charge in [0.1, 0.15) is 28.8 Å². The van der Waals surface area contributed by atoms with Crippen LogP contribution in [-0.2, 0) is 5.41 Å². The van der Waals surface area contributed by atoms with Crippen LogP contribution in [0.15, 0.2) is 72.9 Å². The fourth-order valence-corrected chi connectivity index (χ4v) is 3.93. The highest BCUT2D eigenvalue weighted by Gasteiger charge is 2.18. The molecular formula is C29H32N2O3. The number of rotatable bonds is 7. The van der Waals surface area contributed by atoms with Gasteiger partial charge in [-0.15, -0.1) is 0 Å². The van der Waals surface area contributed by atoms with Crippen molar-refractivity contribution in [1.29, 1.82) is 0 Å². The normalized spacial score (nSPS) is 11.5. The third-order valence-electron chi connectivity index (χ3n) is 5.41. The average Bonchev–Trinajstić information content (AvgIpc) is 2.78. The Balaban J connectivity index is 1.62. The van der Waals surface area contributed by atoms with Crippen molar-refractivity contribution in [2.75, 3.05) is 12.4 Å². The molecule has 0 saturated carbocycles. The minimum Gasteiger partial charge on any atom is -0.497 e. The first-order chi connectivity index (χ1) is 16.2. The number of methoxy groups -OCH3 is 1. The largest absolute Gasteiger partial charge is 0.497 e. The second-order valence-corrected chi connectivity index (χ2v) is 9.57. The standard InChI is InChI=1S/C29H32N2O3/c1-19(2)33-23-16-20(15-22(17-23)32-6)31-28-18-21(13-14-30-28)34-27-12-11-26(29(3,4)5)24-9-7-8-10-25(24)27/h7-19H,1-6H3,(H,30,31). The molecule has 4 rings (SSSR count). The Morgan fingerprint density at radius 3 is 2.26 bits per heavy atom. The van der Waals surface area contributed by atoms with Crippen LogP contribution in [0.5, 0.6) is 23.0 Å². The molecule has 5 nitrogen and oxygen atoms in total. The van der Waals surface area contributed by atoms with Gasteiger partial charge >= 0.3 is 0 Å². The van der Waals surface area contributed by atoms with Crippen LogP contribution in [0.1, 0.15) is 40.2 Å². The Kier molecular flexibility index (Phi) is 6.64. The zero-order valence-electron chi connectivity index (χ0n) is 20.7. The van der Waals surface area contributed by atoms with Gasteiger partial charge in [0.15, 0.2) is 0 Å². The highest BCUT2D eigenvalue weighted by Crippen LogP contribution is 2.37. The lowest BCUT2D eigenvalue weighted by molar-refractivity contribution is 0.241. The van der Waals surface area contributed by atoms with Gasteiger partial charge in [-0.05, 0) is 42.3 Å². The number of fused-ring (bicyclic) bond motifs is 1. The lowest BCUT2D eigenvalue weighted by Gasteiger charge is -2.22. The van der Waals surface area contributed by atoms with Gasteiger partial charge < -0.3 is 19.5 Å². The number of anilines is 2. The number of nitrogens with zero attached hydrogens (tertiary/aromatic N) is 1. The molecule has 4 aromatic rings. The molecule has 3 aromatic carbocycles. The molecule has 0 fully saturated rings. The molecule has 1 heterocycles. The number of hydrogen-bond acceptors (Lipinski definition) is 5. The van der Waals surface area contributed by atoms with Gasteiger partial charge in [0, 0.05) is 41.5 Å². The molecule has 0 bridgehead atoms. The number of nitrogens with one attached hydrogen (secondary N) is 1. The maximum absolute atomic E-state index is 6.33. The predicted octanol–water partition coefficient (Wildman–Crippen LogP) is 7.86. The van der Waals surface area contributed by atoms with E-state index in [2.05, 4.69) is 55.3 Å². The molecule has 0 aliphatic carbocycles. The highest BCUT2D eigenvalue weighted by molar-refractivity contribution is 5.92. The summed E-state index contributed by atoms with van der Waals surface area (Å²) in [6.07, 6.45) is 1.80. The first-order valence-corrected chi connectivity index (χ1v) is 11.5. The molecule has 34 heavy (non-hydrogen) atoms. The van der Waals surface area contributed by atoms with Crippen molar-refractivity contribution in [2.24, 2.45) is 0 Å². The van der Waals surface area contributed by atoms with E-state index in [1.807, 2.05) is 56.3 Å². The second kappa shape index (κ2) is 9.64. The fraction of sp³-hybridized carbons (Fsp3) is 0.276. The Morgan fingerprint density at radius 1 is 0.824 bits per heavy atom.